The Balaban J connectivity index is 2.06. The summed E-state index contributed by atoms with van der Waals surface area (Å²) in [7, 11) is 1.61. The van der Waals surface area contributed by atoms with Crippen molar-refractivity contribution in [2.75, 3.05) is 20.2 Å². The van der Waals surface area contributed by atoms with E-state index in [0.717, 1.165) is 37.2 Å². The molecule has 0 spiro atoms. The Morgan fingerprint density at radius 3 is 2.94 bits per heavy atom. The third kappa shape index (κ3) is 2.87. The van der Waals surface area contributed by atoms with Gasteiger partial charge in [0, 0.05) is 24.7 Å². The Bertz CT molecular complexity index is 420. The zero-order valence-electron chi connectivity index (χ0n) is 9.98. The minimum atomic E-state index is 0.0809. The van der Waals surface area contributed by atoms with Crippen LogP contribution in [0.5, 0.6) is 5.75 Å². The molecule has 17 heavy (non-hydrogen) atoms. The first-order valence-corrected chi connectivity index (χ1v) is 5.82. The van der Waals surface area contributed by atoms with E-state index in [1.165, 1.54) is 0 Å². The third-order valence-corrected chi connectivity index (χ3v) is 2.90. The topological polar surface area (TPSA) is 29.5 Å². The predicted octanol–water partition coefficient (Wildman–Crippen LogP) is 2.13. The first-order chi connectivity index (χ1) is 8.31. The van der Waals surface area contributed by atoms with Crippen LogP contribution in [0.4, 0.5) is 0 Å². The van der Waals surface area contributed by atoms with Gasteiger partial charge < -0.3 is 9.64 Å². The summed E-state index contributed by atoms with van der Waals surface area (Å²) >= 11 is 0. The molecule has 0 aromatic heterocycles. The summed E-state index contributed by atoms with van der Waals surface area (Å²) in [4.78, 5) is 13.7. The fourth-order valence-electron chi connectivity index (χ4n) is 1.95. The zero-order valence-corrected chi connectivity index (χ0v) is 9.98. The molecule has 1 aromatic carbocycles. The van der Waals surface area contributed by atoms with Gasteiger partial charge in [-0.25, -0.2) is 0 Å². The van der Waals surface area contributed by atoms with Crippen LogP contribution in [-0.4, -0.2) is 31.0 Å². The van der Waals surface area contributed by atoms with Gasteiger partial charge in [-0.15, -0.1) is 0 Å². The lowest BCUT2D eigenvalue weighted by Crippen LogP contribution is -2.25. The fraction of sp³-hybridized carbons (Fsp3) is 0.357. The van der Waals surface area contributed by atoms with Crippen LogP contribution >= 0.6 is 0 Å². The molecule has 0 unspecified atom stereocenters. The number of nitrogens with zero attached hydrogens (tertiary/aromatic N) is 1. The van der Waals surface area contributed by atoms with E-state index in [2.05, 4.69) is 6.07 Å². The summed E-state index contributed by atoms with van der Waals surface area (Å²) < 4.78 is 5.20. The SMILES string of the molecule is COc1c[c]ccc1C=CC(=O)N1CCCC1. The molecule has 1 saturated heterocycles. The van der Waals surface area contributed by atoms with Crippen molar-refractivity contribution in [3.63, 3.8) is 0 Å². The molecule has 0 N–H and O–H groups in total. The second-order valence-corrected chi connectivity index (χ2v) is 4.03. The first-order valence-electron chi connectivity index (χ1n) is 5.82. The fourth-order valence-corrected chi connectivity index (χ4v) is 1.95. The number of hydrogen-bond acceptors (Lipinski definition) is 2. The Labute approximate surface area is 102 Å². The van der Waals surface area contributed by atoms with Crippen LogP contribution in [0, 0.1) is 6.07 Å². The molecule has 2 rings (SSSR count). The van der Waals surface area contributed by atoms with E-state index in [-0.39, 0.29) is 5.91 Å². The van der Waals surface area contributed by atoms with Crippen molar-refractivity contribution in [2.24, 2.45) is 0 Å². The van der Waals surface area contributed by atoms with E-state index in [9.17, 15) is 4.79 Å². The molecule has 3 nitrogen and oxygen atoms in total. The van der Waals surface area contributed by atoms with Crippen LogP contribution in [0.3, 0.4) is 0 Å². The standard InChI is InChI=1S/C14H16NO2/c1-17-13-7-3-2-6-12(13)8-9-14(16)15-10-4-5-11-15/h2,6-9H,4-5,10-11H2,1H3. The number of carbonyl (C=O) groups is 1. The molecular weight excluding hydrogens is 214 g/mol. The minimum Gasteiger partial charge on any atom is -0.496 e. The van der Waals surface area contributed by atoms with Crippen molar-refractivity contribution in [3.8, 4) is 5.75 Å². The van der Waals surface area contributed by atoms with E-state index in [4.69, 9.17) is 4.74 Å². The quantitative estimate of drug-likeness (QED) is 0.744. The van der Waals surface area contributed by atoms with Gasteiger partial charge >= 0.3 is 0 Å². The van der Waals surface area contributed by atoms with Crippen LogP contribution in [0.15, 0.2) is 24.3 Å². The summed E-state index contributed by atoms with van der Waals surface area (Å²) in [5.41, 5.74) is 0.902. The van der Waals surface area contributed by atoms with Crippen molar-refractivity contribution in [3.05, 3.63) is 35.9 Å². The van der Waals surface area contributed by atoms with E-state index in [1.54, 1.807) is 25.3 Å². The molecule has 1 aliphatic rings. The highest BCUT2D eigenvalue weighted by atomic mass is 16.5. The van der Waals surface area contributed by atoms with Crippen molar-refractivity contribution < 1.29 is 9.53 Å². The summed E-state index contributed by atoms with van der Waals surface area (Å²) in [6.45, 7) is 1.76. The molecule has 0 saturated carbocycles. The molecular formula is C14H16NO2. The van der Waals surface area contributed by atoms with Gasteiger partial charge in [0.2, 0.25) is 5.91 Å². The van der Waals surface area contributed by atoms with Gasteiger partial charge in [-0.3, -0.25) is 4.79 Å². The average molecular weight is 230 g/mol. The highest BCUT2D eigenvalue weighted by Gasteiger charge is 2.15. The van der Waals surface area contributed by atoms with Gasteiger partial charge in [0.1, 0.15) is 5.75 Å². The van der Waals surface area contributed by atoms with Crippen LogP contribution in [0.1, 0.15) is 18.4 Å². The predicted molar refractivity (Wildman–Crippen MR) is 66.7 cm³/mol. The summed E-state index contributed by atoms with van der Waals surface area (Å²) in [5, 5.41) is 0. The van der Waals surface area contributed by atoms with Crippen molar-refractivity contribution >= 4 is 12.0 Å². The van der Waals surface area contributed by atoms with Crippen molar-refractivity contribution in [1.29, 1.82) is 0 Å². The highest BCUT2D eigenvalue weighted by Crippen LogP contribution is 2.18. The molecule has 0 aliphatic carbocycles. The maximum atomic E-state index is 11.8. The van der Waals surface area contributed by atoms with E-state index >= 15 is 0 Å². The smallest absolute Gasteiger partial charge is 0.246 e. The highest BCUT2D eigenvalue weighted by molar-refractivity contribution is 5.92. The number of benzene rings is 1. The van der Waals surface area contributed by atoms with Gasteiger partial charge in [0.05, 0.1) is 7.11 Å². The Morgan fingerprint density at radius 2 is 2.24 bits per heavy atom. The Kier molecular flexibility index (Phi) is 3.81. The molecule has 89 valence electrons. The van der Waals surface area contributed by atoms with E-state index < -0.39 is 0 Å². The lowest BCUT2D eigenvalue weighted by Gasteiger charge is -2.11. The zero-order chi connectivity index (χ0) is 12.1. The molecule has 1 radical (unpaired) electrons. The molecule has 0 atom stereocenters. The normalized spacial score (nSPS) is 15.5. The largest absolute Gasteiger partial charge is 0.496 e. The number of carbonyl (C=O) groups excluding carboxylic acids is 1. The summed E-state index contributed by atoms with van der Waals surface area (Å²) in [6, 6.07) is 8.39. The lowest BCUT2D eigenvalue weighted by molar-refractivity contribution is -0.124. The Morgan fingerprint density at radius 1 is 1.47 bits per heavy atom. The molecule has 3 heteroatoms. The Hall–Kier alpha value is -1.77. The maximum absolute atomic E-state index is 11.8. The molecule has 1 amide bonds. The lowest BCUT2D eigenvalue weighted by atomic mass is 10.2. The van der Waals surface area contributed by atoms with Gasteiger partial charge in [-0.2, -0.15) is 0 Å². The van der Waals surface area contributed by atoms with E-state index in [1.807, 2.05) is 17.0 Å². The van der Waals surface area contributed by atoms with Crippen LogP contribution in [0.25, 0.3) is 6.08 Å². The minimum absolute atomic E-state index is 0.0809. The summed E-state index contributed by atoms with van der Waals surface area (Å²) in [5.74, 6) is 0.815. The number of rotatable bonds is 3. The second-order valence-electron chi connectivity index (χ2n) is 4.03. The average Bonchev–Trinajstić information content (AvgIpc) is 2.90. The van der Waals surface area contributed by atoms with Gasteiger partial charge in [-0.1, -0.05) is 12.1 Å². The maximum Gasteiger partial charge on any atom is 0.246 e. The van der Waals surface area contributed by atoms with Crippen LogP contribution in [-0.2, 0) is 4.79 Å². The van der Waals surface area contributed by atoms with Gasteiger partial charge in [0.15, 0.2) is 0 Å². The van der Waals surface area contributed by atoms with Gasteiger partial charge in [0.25, 0.3) is 0 Å². The molecule has 1 aromatic rings. The second kappa shape index (κ2) is 5.53. The number of methoxy groups -OCH3 is 1. The molecule has 0 bridgehead atoms. The van der Waals surface area contributed by atoms with Crippen LogP contribution < -0.4 is 4.74 Å². The molecule has 1 heterocycles. The molecule has 1 fully saturated rings. The number of likely N-dealkylation sites (tertiary alicyclic amines) is 1. The van der Waals surface area contributed by atoms with Crippen molar-refractivity contribution in [1.82, 2.24) is 4.90 Å². The van der Waals surface area contributed by atoms with E-state index in [0.29, 0.717) is 0 Å². The summed E-state index contributed by atoms with van der Waals surface area (Å²) in [6.07, 6.45) is 5.64. The molecule has 1 aliphatic heterocycles. The van der Waals surface area contributed by atoms with Crippen molar-refractivity contribution in [2.45, 2.75) is 12.8 Å². The van der Waals surface area contributed by atoms with Gasteiger partial charge in [-0.05, 0) is 31.1 Å². The number of amides is 1. The van der Waals surface area contributed by atoms with Crippen LogP contribution in [0.2, 0.25) is 0 Å². The number of hydrogen-bond donors (Lipinski definition) is 0. The monoisotopic (exact) mass is 230 g/mol. The third-order valence-electron chi connectivity index (χ3n) is 2.90. The first kappa shape index (κ1) is 11.7. The number of ether oxygens (including phenoxy) is 1.